The number of halogens is 1. The first-order valence-corrected chi connectivity index (χ1v) is 6.57. The first-order chi connectivity index (χ1) is 8.49. The third-order valence-corrected chi connectivity index (χ3v) is 3.31. The maximum atomic E-state index is 11.8. The van der Waals surface area contributed by atoms with E-state index in [0.29, 0.717) is 29.6 Å². The molecule has 0 fully saturated rings. The first kappa shape index (κ1) is 14.8. The molecule has 0 aliphatic heterocycles. The Morgan fingerprint density at radius 1 is 1.50 bits per heavy atom. The molecule has 2 N–H and O–H groups in total. The molecule has 0 aromatic carbocycles. The summed E-state index contributed by atoms with van der Waals surface area (Å²) in [5.74, 6) is 0.0134. The third kappa shape index (κ3) is 3.60. The smallest absolute Gasteiger partial charge is 0.261 e. The molecule has 1 atom stereocenters. The van der Waals surface area contributed by atoms with Crippen LogP contribution in [0.1, 0.15) is 43.2 Å². The van der Waals surface area contributed by atoms with E-state index in [0.717, 1.165) is 6.42 Å². The number of aromatic amines is 1. The van der Waals surface area contributed by atoms with E-state index in [1.165, 1.54) is 6.07 Å². The zero-order valence-electron chi connectivity index (χ0n) is 11.0. The summed E-state index contributed by atoms with van der Waals surface area (Å²) in [6.07, 6.45) is 1.61. The summed E-state index contributed by atoms with van der Waals surface area (Å²) in [7, 11) is 0. The number of H-pyrrole nitrogens is 1. The Labute approximate surface area is 112 Å². The topological polar surface area (TPSA) is 62.0 Å². The highest BCUT2D eigenvalue weighted by atomic mass is 35.5. The van der Waals surface area contributed by atoms with E-state index >= 15 is 0 Å². The van der Waals surface area contributed by atoms with Crippen LogP contribution in [0.15, 0.2) is 10.9 Å². The molecule has 0 aliphatic rings. The molecule has 0 radical (unpaired) electrons. The van der Waals surface area contributed by atoms with Gasteiger partial charge in [-0.2, -0.15) is 0 Å². The highest BCUT2D eigenvalue weighted by molar-refractivity contribution is 6.31. The van der Waals surface area contributed by atoms with Crippen molar-refractivity contribution >= 4 is 17.5 Å². The Morgan fingerprint density at radius 3 is 2.72 bits per heavy atom. The van der Waals surface area contributed by atoms with E-state index in [2.05, 4.69) is 17.2 Å². The van der Waals surface area contributed by atoms with Crippen molar-refractivity contribution in [2.45, 2.75) is 33.6 Å². The minimum atomic E-state index is -0.391. The summed E-state index contributed by atoms with van der Waals surface area (Å²) in [5, 5.41) is 3.16. The number of amides is 1. The standard InChI is InChI=1S/C13H19ClN2O2/c1-4-8(3)7-15-12(17)9-6-10(14)11(5-2)16-13(9)18/h6,8H,4-5,7H2,1-3H3,(H,15,17)(H,16,18)/t8-/m1/s1. The summed E-state index contributed by atoms with van der Waals surface area (Å²) in [6.45, 7) is 6.54. The fourth-order valence-electron chi connectivity index (χ4n) is 1.48. The maximum absolute atomic E-state index is 11.8. The second kappa shape index (κ2) is 6.59. The van der Waals surface area contributed by atoms with Gasteiger partial charge in [0, 0.05) is 12.2 Å². The number of pyridine rings is 1. The highest BCUT2D eigenvalue weighted by Gasteiger charge is 2.13. The predicted octanol–water partition coefficient (Wildman–Crippen LogP) is 2.37. The average molecular weight is 271 g/mol. The molecule has 1 amide bonds. The van der Waals surface area contributed by atoms with Crippen LogP contribution in [0.25, 0.3) is 0 Å². The van der Waals surface area contributed by atoms with Crippen LogP contribution < -0.4 is 10.9 Å². The first-order valence-electron chi connectivity index (χ1n) is 6.19. The van der Waals surface area contributed by atoms with Crippen LogP contribution in [0.4, 0.5) is 0 Å². The molecular weight excluding hydrogens is 252 g/mol. The number of nitrogens with one attached hydrogen (secondary N) is 2. The van der Waals surface area contributed by atoms with Crippen molar-refractivity contribution in [1.29, 1.82) is 0 Å². The lowest BCUT2D eigenvalue weighted by molar-refractivity contribution is 0.0946. The Balaban J connectivity index is 2.87. The number of aromatic nitrogens is 1. The molecule has 5 heteroatoms. The van der Waals surface area contributed by atoms with Crippen molar-refractivity contribution in [3.05, 3.63) is 32.7 Å². The van der Waals surface area contributed by atoms with Gasteiger partial charge in [0.05, 0.1) is 5.02 Å². The number of carbonyl (C=O) groups excluding carboxylic acids is 1. The van der Waals surface area contributed by atoms with E-state index in [9.17, 15) is 9.59 Å². The van der Waals surface area contributed by atoms with Crippen molar-refractivity contribution < 1.29 is 4.79 Å². The van der Waals surface area contributed by atoms with Crippen LogP contribution in [0.3, 0.4) is 0 Å². The molecule has 1 aromatic heterocycles. The SMILES string of the molecule is CCc1[nH]c(=O)c(C(=O)NC[C@H](C)CC)cc1Cl. The van der Waals surface area contributed by atoms with Gasteiger partial charge in [0.1, 0.15) is 5.56 Å². The lowest BCUT2D eigenvalue weighted by atomic mass is 10.1. The van der Waals surface area contributed by atoms with Crippen LogP contribution >= 0.6 is 11.6 Å². The lowest BCUT2D eigenvalue weighted by Crippen LogP contribution is -2.32. The molecule has 0 saturated carbocycles. The lowest BCUT2D eigenvalue weighted by Gasteiger charge is -2.10. The normalized spacial score (nSPS) is 12.2. The maximum Gasteiger partial charge on any atom is 0.261 e. The van der Waals surface area contributed by atoms with Crippen molar-refractivity contribution in [1.82, 2.24) is 10.3 Å². The molecule has 0 saturated heterocycles. The summed E-state index contributed by atoms with van der Waals surface area (Å²) in [4.78, 5) is 26.2. The van der Waals surface area contributed by atoms with Crippen molar-refractivity contribution in [3.63, 3.8) is 0 Å². The van der Waals surface area contributed by atoms with E-state index in [1.54, 1.807) is 0 Å². The van der Waals surface area contributed by atoms with Crippen LogP contribution in [0, 0.1) is 5.92 Å². The van der Waals surface area contributed by atoms with Crippen LogP contribution in [0.5, 0.6) is 0 Å². The second-order valence-electron chi connectivity index (χ2n) is 4.42. The van der Waals surface area contributed by atoms with Gasteiger partial charge in [0.2, 0.25) is 0 Å². The van der Waals surface area contributed by atoms with E-state index < -0.39 is 5.56 Å². The minimum absolute atomic E-state index is 0.0699. The molecule has 100 valence electrons. The predicted molar refractivity (Wildman–Crippen MR) is 73.2 cm³/mol. The minimum Gasteiger partial charge on any atom is -0.352 e. The third-order valence-electron chi connectivity index (χ3n) is 2.97. The summed E-state index contributed by atoms with van der Waals surface area (Å²) < 4.78 is 0. The molecule has 1 rings (SSSR count). The molecule has 0 bridgehead atoms. The largest absolute Gasteiger partial charge is 0.352 e. The zero-order chi connectivity index (χ0) is 13.7. The van der Waals surface area contributed by atoms with E-state index in [4.69, 9.17) is 11.6 Å². The van der Waals surface area contributed by atoms with E-state index in [-0.39, 0.29) is 11.5 Å². The Morgan fingerprint density at radius 2 is 2.17 bits per heavy atom. The van der Waals surface area contributed by atoms with Gasteiger partial charge in [-0.05, 0) is 18.4 Å². The van der Waals surface area contributed by atoms with Gasteiger partial charge in [-0.3, -0.25) is 9.59 Å². The van der Waals surface area contributed by atoms with Gasteiger partial charge < -0.3 is 10.3 Å². The number of carbonyl (C=O) groups is 1. The summed E-state index contributed by atoms with van der Waals surface area (Å²) >= 11 is 5.99. The Kier molecular flexibility index (Phi) is 5.41. The summed E-state index contributed by atoms with van der Waals surface area (Å²) in [5.41, 5.74) is 0.332. The molecule has 1 aromatic rings. The fraction of sp³-hybridized carbons (Fsp3) is 0.538. The number of aryl methyl sites for hydroxylation is 1. The molecular formula is C13H19ClN2O2. The molecule has 1 heterocycles. The molecule has 18 heavy (non-hydrogen) atoms. The number of hydrogen-bond acceptors (Lipinski definition) is 2. The quantitative estimate of drug-likeness (QED) is 0.863. The van der Waals surface area contributed by atoms with Gasteiger partial charge in [0.25, 0.3) is 11.5 Å². The number of hydrogen-bond donors (Lipinski definition) is 2. The molecule has 0 unspecified atom stereocenters. The number of rotatable bonds is 5. The average Bonchev–Trinajstić information content (AvgIpc) is 2.37. The van der Waals surface area contributed by atoms with Gasteiger partial charge in [0.15, 0.2) is 0 Å². The molecule has 4 nitrogen and oxygen atoms in total. The second-order valence-corrected chi connectivity index (χ2v) is 4.82. The van der Waals surface area contributed by atoms with Crippen molar-refractivity contribution in [3.8, 4) is 0 Å². The highest BCUT2D eigenvalue weighted by Crippen LogP contribution is 2.13. The fourth-order valence-corrected chi connectivity index (χ4v) is 1.77. The molecule has 0 aliphatic carbocycles. The summed E-state index contributed by atoms with van der Waals surface area (Å²) in [6, 6.07) is 1.44. The van der Waals surface area contributed by atoms with Crippen LogP contribution in [-0.4, -0.2) is 17.4 Å². The van der Waals surface area contributed by atoms with Gasteiger partial charge in [-0.15, -0.1) is 0 Å². The van der Waals surface area contributed by atoms with Crippen LogP contribution in [-0.2, 0) is 6.42 Å². The van der Waals surface area contributed by atoms with Crippen molar-refractivity contribution in [2.75, 3.05) is 6.54 Å². The van der Waals surface area contributed by atoms with E-state index in [1.807, 2.05) is 13.8 Å². The van der Waals surface area contributed by atoms with Crippen LogP contribution in [0.2, 0.25) is 5.02 Å². The Bertz CT molecular complexity index is 482. The van der Waals surface area contributed by atoms with Gasteiger partial charge in [-0.1, -0.05) is 38.8 Å². The van der Waals surface area contributed by atoms with Crippen molar-refractivity contribution in [2.24, 2.45) is 5.92 Å². The molecule has 0 spiro atoms. The van der Waals surface area contributed by atoms with Gasteiger partial charge >= 0.3 is 0 Å². The monoisotopic (exact) mass is 270 g/mol. The zero-order valence-corrected chi connectivity index (χ0v) is 11.7. The Hall–Kier alpha value is -1.29. The van der Waals surface area contributed by atoms with Gasteiger partial charge in [-0.25, -0.2) is 0 Å².